The molecule has 0 bridgehead atoms. The third-order valence-electron chi connectivity index (χ3n) is 4.46. The highest BCUT2D eigenvalue weighted by Crippen LogP contribution is 2.29. The van der Waals surface area contributed by atoms with Crippen molar-refractivity contribution in [2.75, 3.05) is 11.1 Å². The summed E-state index contributed by atoms with van der Waals surface area (Å²) in [6, 6.07) is 5.35. The van der Waals surface area contributed by atoms with Crippen molar-refractivity contribution in [3.05, 3.63) is 58.9 Å². The van der Waals surface area contributed by atoms with Gasteiger partial charge < -0.3 is 11.1 Å². The molecule has 0 aliphatic heterocycles. The van der Waals surface area contributed by atoms with Crippen molar-refractivity contribution in [3.8, 4) is 11.3 Å². The summed E-state index contributed by atoms with van der Waals surface area (Å²) in [5.74, 6) is 0.815. The Morgan fingerprint density at radius 1 is 1.21 bits per heavy atom. The molecule has 4 N–H and O–H groups in total. The number of carbonyl (C=O) groups is 1. The smallest absolute Gasteiger partial charge is 0.320 e. The van der Waals surface area contributed by atoms with Gasteiger partial charge in [-0.1, -0.05) is 6.92 Å². The third kappa shape index (κ3) is 4.14. The molecule has 0 spiro atoms. The van der Waals surface area contributed by atoms with Gasteiger partial charge in [0, 0.05) is 40.6 Å². The highest BCUT2D eigenvalue weighted by molar-refractivity contribution is 7.09. The predicted molar refractivity (Wildman–Crippen MR) is 115 cm³/mol. The van der Waals surface area contributed by atoms with Crippen molar-refractivity contribution in [2.45, 2.75) is 19.9 Å². The lowest BCUT2D eigenvalue weighted by molar-refractivity contribution is 0.252. The minimum absolute atomic E-state index is 0.340. The molecule has 0 fully saturated rings. The van der Waals surface area contributed by atoms with Crippen LogP contribution in [0.2, 0.25) is 0 Å². The van der Waals surface area contributed by atoms with Crippen molar-refractivity contribution in [2.24, 2.45) is 0 Å². The van der Waals surface area contributed by atoms with Crippen LogP contribution in [-0.4, -0.2) is 26.0 Å². The van der Waals surface area contributed by atoms with Crippen LogP contribution in [-0.2, 0) is 13.0 Å². The van der Waals surface area contributed by atoms with E-state index in [-0.39, 0.29) is 6.03 Å². The summed E-state index contributed by atoms with van der Waals surface area (Å²) in [4.78, 5) is 30.1. The number of nitrogen functional groups attached to an aromatic ring is 1. The number of aryl methyl sites for hydroxylation is 1. The van der Waals surface area contributed by atoms with Gasteiger partial charge in [-0.2, -0.15) is 0 Å². The number of fused-ring (bicyclic) bond motifs is 1. The van der Waals surface area contributed by atoms with Gasteiger partial charge in [-0.25, -0.2) is 14.8 Å². The lowest BCUT2D eigenvalue weighted by Gasteiger charge is -2.11. The number of nitrogens with zero attached hydrogens (tertiary/aromatic N) is 4. The highest BCUT2D eigenvalue weighted by Gasteiger charge is 2.11. The standard InChI is InChI=1S/C20H19N7OS/c1-2-12-3-4-22-9-15(12)17-5-13-6-18(24-10-16(13)19(21)26-17)27-20(28)25-8-14-7-23-11-29-14/h3-7,9-11H,2,8H2,1H3,(H2,21,26)(H2,24,25,27,28). The fraction of sp³-hybridized carbons (Fsp3) is 0.150. The van der Waals surface area contributed by atoms with Crippen LogP contribution in [0.25, 0.3) is 22.0 Å². The topological polar surface area (TPSA) is 119 Å². The first kappa shape index (κ1) is 18.8. The Kier molecular flexibility index (Phi) is 5.30. The molecule has 0 saturated carbocycles. The molecule has 2 amide bonds. The van der Waals surface area contributed by atoms with E-state index in [2.05, 4.69) is 37.5 Å². The zero-order chi connectivity index (χ0) is 20.2. The molecule has 0 atom stereocenters. The van der Waals surface area contributed by atoms with Crippen molar-refractivity contribution in [1.82, 2.24) is 25.3 Å². The molecule has 0 aliphatic rings. The van der Waals surface area contributed by atoms with E-state index in [1.165, 1.54) is 11.3 Å². The van der Waals surface area contributed by atoms with Crippen LogP contribution in [0, 0.1) is 0 Å². The Bertz CT molecular complexity index is 1160. The summed E-state index contributed by atoms with van der Waals surface area (Å²) in [6.45, 7) is 2.49. The first-order chi connectivity index (χ1) is 14.1. The van der Waals surface area contributed by atoms with E-state index in [1.54, 1.807) is 36.4 Å². The van der Waals surface area contributed by atoms with Gasteiger partial charge in [0.05, 0.1) is 17.7 Å². The summed E-state index contributed by atoms with van der Waals surface area (Å²) in [5, 5.41) is 7.09. The van der Waals surface area contributed by atoms with Gasteiger partial charge in [-0.05, 0) is 35.6 Å². The average molecular weight is 405 g/mol. The molecule has 146 valence electrons. The van der Waals surface area contributed by atoms with Gasteiger partial charge >= 0.3 is 6.03 Å². The molecule has 4 heterocycles. The molecule has 0 unspecified atom stereocenters. The molecule has 4 aromatic rings. The van der Waals surface area contributed by atoms with Gasteiger partial charge in [0.2, 0.25) is 0 Å². The second kappa shape index (κ2) is 8.19. The van der Waals surface area contributed by atoms with Gasteiger partial charge in [0.15, 0.2) is 0 Å². The maximum atomic E-state index is 12.2. The molecule has 8 nitrogen and oxygen atoms in total. The fourth-order valence-corrected chi connectivity index (χ4v) is 3.53. The number of pyridine rings is 3. The third-order valence-corrected chi connectivity index (χ3v) is 5.24. The number of nitrogens with one attached hydrogen (secondary N) is 2. The van der Waals surface area contributed by atoms with Crippen molar-refractivity contribution < 1.29 is 4.79 Å². The van der Waals surface area contributed by atoms with Crippen LogP contribution in [0.5, 0.6) is 0 Å². The summed E-state index contributed by atoms with van der Waals surface area (Å²) in [5.41, 5.74) is 10.7. The first-order valence-electron chi connectivity index (χ1n) is 9.05. The summed E-state index contributed by atoms with van der Waals surface area (Å²) >= 11 is 1.48. The minimum atomic E-state index is -0.340. The lowest BCUT2D eigenvalue weighted by Crippen LogP contribution is -2.28. The molecule has 0 aromatic carbocycles. The summed E-state index contributed by atoms with van der Waals surface area (Å²) in [6.07, 6.45) is 7.76. The number of rotatable bonds is 5. The van der Waals surface area contributed by atoms with Gasteiger partial charge in [-0.3, -0.25) is 15.3 Å². The number of hydrogen-bond acceptors (Lipinski definition) is 7. The van der Waals surface area contributed by atoms with E-state index < -0.39 is 0 Å². The Labute approximate surface area is 171 Å². The normalized spacial score (nSPS) is 10.8. The molecular weight excluding hydrogens is 386 g/mol. The van der Waals surface area contributed by atoms with Crippen molar-refractivity contribution >= 4 is 39.8 Å². The van der Waals surface area contributed by atoms with Gasteiger partial charge in [-0.15, -0.1) is 11.3 Å². The second-order valence-electron chi connectivity index (χ2n) is 6.35. The van der Waals surface area contributed by atoms with E-state index >= 15 is 0 Å². The van der Waals surface area contributed by atoms with Crippen LogP contribution in [0.3, 0.4) is 0 Å². The van der Waals surface area contributed by atoms with E-state index in [4.69, 9.17) is 5.73 Å². The van der Waals surface area contributed by atoms with Crippen molar-refractivity contribution in [1.29, 1.82) is 0 Å². The predicted octanol–water partition coefficient (Wildman–Crippen LogP) is 3.61. The van der Waals surface area contributed by atoms with Crippen LogP contribution in [0.4, 0.5) is 16.4 Å². The maximum absolute atomic E-state index is 12.2. The summed E-state index contributed by atoms with van der Waals surface area (Å²) < 4.78 is 0. The number of thiazole rings is 1. The molecular formula is C20H19N7OS. The molecule has 0 saturated heterocycles. The average Bonchev–Trinajstić information content (AvgIpc) is 3.25. The van der Waals surface area contributed by atoms with Gasteiger partial charge in [0.25, 0.3) is 0 Å². The van der Waals surface area contributed by atoms with Crippen LogP contribution in [0.1, 0.15) is 17.4 Å². The van der Waals surface area contributed by atoms with E-state index in [0.717, 1.165) is 38.9 Å². The zero-order valence-electron chi connectivity index (χ0n) is 15.7. The number of anilines is 2. The number of urea groups is 1. The number of nitrogens with two attached hydrogens (primary N) is 1. The second-order valence-corrected chi connectivity index (χ2v) is 7.32. The fourth-order valence-electron chi connectivity index (χ4n) is 3.00. The minimum Gasteiger partial charge on any atom is -0.383 e. The van der Waals surface area contributed by atoms with Crippen LogP contribution < -0.4 is 16.4 Å². The zero-order valence-corrected chi connectivity index (χ0v) is 16.5. The molecule has 0 radical (unpaired) electrons. The number of carbonyl (C=O) groups excluding carboxylic acids is 1. The number of amides is 2. The SMILES string of the molecule is CCc1ccncc1-c1cc2cc(NC(=O)NCc3cncs3)ncc2c(N)n1. The highest BCUT2D eigenvalue weighted by atomic mass is 32.1. The van der Waals surface area contributed by atoms with Gasteiger partial charge in [0.1, 0.15) is 11.6 Å². The largest absolute Gasteiger partial charge is 0.383 e. The Hall–Kier alpha value is -3.59. The van der Waals surface area contributed by atoms with Crippen LogP contribution >= 0.6 is 11.3 Å². The molecule has 4 aromatic heterocycles. The maximum Gasteiger partial charge on any atom is 0.320 e. The van der Waals surface area contributed by atoms with E-state index in [1.807, 2.05) is 12.1 Å². The lowest BCUT2D eigenvalue weighted by atomic mass is 10.0. The Morgan fingerprint density at radius 3 is 2.90 bits per heavy atom. The molecule has 0 aliphatic carbocycles. The number of hydrogen-bond donors (Lipinski definition) is 3. The molecule has 4 rings (SSSR count). The van der Waals surface area contributed by atoms with Crippen molar-refractivity contribution in [3.63, 3.8) is 0 Å². The quantitative estimate of drug-likeness (QED) is 0.467. The molecule has 9 heteroatoms. The first-order valence-corrected chi connectivity index (χ1v) is 9.93. The molecule has 29 heavy (non-hydrogen) atoms. The Morgan fingerprint density at radius 2 is 2.10 bits per heavy atom. The van der Waals surface area contributed by atoms with E-state index in [9.17, 15) is 4.79 Å². The van der Waals surface area contributed by atoms with Crippen LogP contribution in [0.15, 0.2) is 48.5 Å². The Balaban J connectivity index is 1.60. The van der Waals surface area contributed by atoms with E-state index in [0.29, 0.717) is 18.2 Å². The summed E-state index contributed by atoms with van der Waals surface area (Å²) in [7, 11) is 0. The monoisotopic (exact) mass is 405 g/mol. The number of aromatic nitrogens is 4.